The lowest BCUT2D eigenvalue weighted by Gasteiger charge is -2.38. The summed E-state index contributed by atoms with van der Waals surface area (Å²) in [5, 5.41) is 12.7. The average Bonchev–Trinajstić information content (AvgIpc) is 3.16. The molecule has 0 bridgehead atoms. The van der Waals surface area contributed by atoms with Crippen LogP contribution in [-0.2, 0) is 7.05 Å². The first-order valence-electron chi connectivity index (χ1n) is 11.0. The summed E-state index contributed by atoms with van der Waals surface area (Å²) in [5.41, 5.74) is 3.63. The molecule has 0 unspecified atom stereocenters. The summed E-state index contributed by atoms with van der Waals surface area (Å²) < 4.78 is 7.01. The molecule has 1 saturated heterocycles. The van der Waals surface area contributed by atoms with Crippen LogP contribution >= 0.6 is 0 Å². The van der Waals surface area contributed by atoms with Crippen molar-refractivity contribution in [1.82, 2.24) is 25.1 Å². The summed E-state index contributed by atoms with van der Waals surface area (Å²) in [4.78, 5) is 24.5. The van der Waals surface area contributed by atoms with Gasteiger partial charge in [0.1, 0.15) is 0 Å². The smallest absolute Gasteiger partial charge is 0.316 e. The first-order valence-corrected chi connectivity index (χ1v) is 11.0. The normalized spacial score (nSPS) is 18.6. The van der Waals surface area contributed by atoms with Crippen LogP contribution < -0.4 is 20.3 Å². The number of amides is 1. The largest absolute Gasteiger partial charge is 0.467 e. The topological polar surface area (TPSA) is 97.2 Å². The highest BCUT2D eigenvalue weighted by atomic mass is 16.5. The summed E-state index contributed by atoms with van der Waals surface area (Å²) >= 11 is 0. The summed E-state index contributed by atoms with van der Waals surface area (Å²) in [7, 11) is 3.40. The number of nitrogens with zero attached hydrogens (tertiary/aromatic N) is 5. The van der Waals surface area contributed by atoms with E-state index >= 15 is 0 Å². The second kappa shape index (κ2) is 8.32. The number of rotatable bonds is 4. The number of aromatic nitrogens is 4. The van der Waals surface area contributed by atoms with Crippen molar-refractivity contribution in [3.05, 3.63) is 48.3 Å². The molecule has 0 aliphatic carbocycles. The van der Waals surface area contributed by atoms with E-state index in [4.69, 9.17) is 4.74 Å². The Kier molecular flexibility index (Phi) is 5.33. The number of hydrogen-bond donors (Lipinski definition) is 2. The monoisotopic (exact) mass is 445 g/mol. The predicted molar refractivity (Wildman–Crippen MR) is 129 cm³/mol. The average molecular weight is 446 g/mol. The Morgan fingerprint density at radius 2 is 1.97 bits per heavy atom. The molecule has 1 aliphatic rings. The maximum Gasteiger partial charge on any atom is 0.316 e. The molecular formula is C24H27N7O2. The van der Waals surface area contributed by atoms with Gasteiger partial charge in [0, 0.05) is 66.8 Å². The van der Waals surface area contributed by atoms with Crippen molar-refractivity contribution in [3.63, 3.8) is 0 Å². The molecule has 33 heavy (non-hydrogen) atoms. The van der Waals surface area contributed by atoms with E-state index in [1.807, 2.05) is 43.6 Å². The van der Waals surface area contributed by atoms with Crippen molar-refractivity contribution in [1.29, 1.82) is 0 Å². The molecule has 0 spiro atoms. The molecule has 5 rings (SSSR count). The van der Waals surface area contributed by atoms with Gasteiger partial charge in [-0.15, -0.1) is 0 Å². The predicted octanol–water partition coefficient (Wildman–Crippen LogP) is 2.96. The van der Waals surface area contributed by atoms with E-state index in [0.717, 1.165) is 35.1 Å². The highest BCUT2D eigenvalue weighted by Gasteiger charge is 2.24. The lowest BCUT2D eigenvalue weighted by molar-refractivity contribution is 0.102. The Morgan fingerprint density at radius 3 is 2.73 bits per heavy atom. The number of carbonyl (C=O) groups is 1. The Hall–Kier alpha value is -3.72. The number of aryl methyl sites for hydroxylation is 1. The van der Waals surface area contributed by atoms with Crippen molar-refractivity contribution < 1.29 is 9.53 Å². The first-order chi connectivity index (χ1) is 15.9. The SMILES string of the molecule is COc1ncc2c(N3C[C@@H](C)N[C@H](C)C3)ccc(C(=O)Nc3ccc4nn(C)cc4c3)c2n1. The Bertz CT molecular complexity index is 1340. The van der Waals surface area contributed by atoms with E-state index in [9.17, 15) is 4.79 Å². The minimum atomic E-state index is -0.238. The van der Waals surface area contributed by atoms with Crippen LogP contribution in [-0.4, -0.2) is 57.9 Å². The molecule has 1 fully saturated rings. The number of hydrogen-bond acceptors (Lipinski definition) is 7. The minimum absolute atomic E-state index is 0.229. The highest BCUT2D eigenvalue weighted by Crippen LogP contribution is 2.31. The third-order valence-electron chi connectivity index (χ3n) is 5.91. The zero-order valence-electron chi connectivity index (χ0n) is 19.2. The van der Waals surface area contributed by atoms with Gasteiger partial charge in [0.15, 0.2) is 0 Å². The van der Waals surface area contributed by atoms with Gasteiger partial charge in [-0.1, -0.05) is 0 Å². The minimum Gasteiger partial charge on any atom is -0.467 e. The molecule has 2 aromatic heterocycles. The van der Waals surface area contributed by atoms with Crippen LogP contribution in [0.25, 0.3) is 21.8 Å². The quantitative estimate of drug-likeness (QED) is 0.498. The van der Waals surface area contributed by atoms with Crippen LogP contribution in [0.1, 0.15) is 24.2 Å². The molecule has 2 N–H and O–H groups in total. The van der Waals surface area contributed by atoms with E-state index in [1.54, 1.807) is 10.9 Å². The van der Waals surface area contributed by atoms with Crippen molar-refractivity contribution in [2.45, 2.75) is 25.9 Å². The second-order valence-corrected chi connectivity index (χ2v) is 8.66. The van der Waals surface area contributed by atoms with Crippen molar-refractivity contribution in [3.8, 4) is 6.01 Å². The van der Waals surface area contributed by atoms with E-state index in [0.29, 0.717) is 28.9 Å². The van der Waals surface area contributed by atoms with Gasteiger partial charge in [-0.25, -0.2) is 4.98 Å². The van der Waals surface area contributed by atoms with Gasteiger partial charge in [0.25, 0.3) is 5.91 Å². The van der Waals surface area contributed by atoms with E-state index in [-0.39, 0.29) is 11.9 Å². The fraction of sp³-hybridized carbons (Fsp3) is 0.333. The number of benzene rings is 2. The van der Waals surface area contributed by atoms with Gasteiger partial charge in [0.05, 0.1) is 23.7 Å². The lowest BCUT2D eigenvalue weighted by Crippen LogP contribution is -2.54. The van der Waals surface area contributed by atoms with Crippen LogP contribution in [0.3, 0.4) is 0 Å². The molecular weight excluding hydrogens is 418 g/mol. The first kappa shape index (κ1) is 21.1. The maximum absolute atomic E-state index is 13.3. The molecule has 9 heteroatoms. The van der Waals surface area contributed by atoms with Crippen molar-refractivity contribution in [2.75, 3.05) is 30.4 Å². The van der Waals surface area contributed by atoms with Gasteiger partial charge >= 0.3 is 6.01 Å². The third kappa shape index (κ3) is 4.07. The number of carbonyl (C=O) groups excluding carboxylic acids is 1. The van der Waals surface area contributed by atoms with Crippen LogP contribution in [0.5, 0.6) is 6.01 Å². The van der Waals surface area contributed by atoms with Gasteiger partial charge in [-0.3, -0.25) is 9.48 Å². The number of fused-ring (bicyclic) bond motifs is 2. The zero-order valence-corrected chi connectivity index (χ0v) is 19.2. The Labute approximate surface area is 191 Å². The Balaban J connectivity index is 1.53. The number of anilines is 2. The van der Waals surface area contributed by atoms with Crippen molar-refractivity contribution in [2.24, 2.45) is 7.05 Å². The van der Waals surface area contributed by atoms with E-state index < -0.39 is 0 Å². The van der Waals surface area contributed by atoms with E-state index in [2.05, 4.69) is 44.4 Å². The summed E-state index contributed by atoms with van der Waals surface area (Å²) in [6.45, 7) is 6.07. The van der Waals surface area contributed by atoms with Crippen molar-refractivity contribution >= 4 is 39.1 Å². The van der Waals surface area contributed by atoms with Gasteiger partial charge in [-0.2, -0.15) is 10.1 Å². The zero-order chi connectivity index (χ0) is 23.1. The maximum atomic E-state index is 13.3. The molecule has 0 radical (unpaired) electrons. The van der Waals surface area contributed by atoms with Crippen LogP contribution in [0.4, 0.5) is 11.4 Å². The summed E-state index contributed by atoms with van der Waals surface area (Å²) in [6, 6.07) is 10.4. The number of methoxy groups -OCH3 is 1. The fourth-order valence-corrected chi connectivity index (χ4v) is 4.60. The Morgan fingerprint density at radius 1 is 1.18 bits per heavy atom. The van der Waals surface area contributed by atoms with Crippen LogP contribution in [0.15, 0.2) is 42.7 Å². The lowest BCUT2D eigenvalue weighted by atomic mass is 10.0. The molecule has 2 aromatic carbocycles. The number of nitrogens with one attached hydrogen (secondary N) is 2. The van der Waals surface area contributed by atoms with Crippen LogP contribution in [0.2, 0.25) is 0 Å². The highest BCUT2D eigenvalue weighted by molar-refractivity contribution is 6.14. The molecule has 2 atom stereocenters. The summed E-state index contributed by atoms with van der Waals surface area (Å²) in [5.74, 6) is -0.238. The fourth-order valence-electron chi connectivity index (χ4n) is 4.60. The number of ether oxygens (including phenoxy) is 1. The molecule has 9 nitrogen and oxygen atoms in total. The third-order valence-corrected chi connectivity index (χ3v) is 5.91. The van der Waals surface area contributed by atoms with E-state index in [1.165, 1.54) is 7.11 Å². The molecule has 170 valence electrons. The molecule has 4 aromatic rings. The molecule has 1 amide bonds. The number of piperazine rings is 1. The van der Waals surface area contributed by atoms with Gasteiger partial charge in [0.2, 0.25) is 0 Å². The molecule has 1 aliphatic heterocycles. The van der Waals surface area contributed by atoms with Gasteiger partial charge < -0.3 is 20.3 Å². The second-order valence-electron chi connectivity index (χ2n) is 8.66. The van der Waals surface area contributed by atoms with Crippen LogP contribution in [0, 0.1) is 0 Å². The molecule has 0 saturated carbocycles. The summed E-state index contributed by atoms with van der Waals surface area (Å²) in [6.07, 6.45) is 3.66. The standard InChI is InChI=1S/C24H27N7O2/c1-14-11-31(12-15(2)26-14)21-8-6-18(22-19(21)10-25-24(28-22)33-4)23(32)27-17-5-7-20-16(9-17)13-30(3)29-20/h5-10,13-15,26H,11-12H2,1-4H3,(H,27,32)/t14-,15-/m1/s1. The van der Waals surface area contributed by atoms with Gasteiger partial charge in [-0.05, 0) is 44.2 Å². The molecule has 3 heterocycles.